The molecule has 1 atom stereocenters. The second-order valence-electron chi connectivity index (χ2n) is 6.71. The average Bonchev–Trinajstić information content (AvgIpc) is 3.18. The number of aromatic nitrogens is 2. The van der Waals surface area contributed by atoms with E-state index in [-0.39, 0.29) is 0 Å². The molecule has 0 amide bonds. The molecule has 1 aromatic heterocycles. The second kappa shape index (κ2) is 6.43. The Kier molecular flexibility index (Phi) is 4.11. The second-order valence-corrected chi connectivity index (χ2v) is 6.71. The molecule has 1 saturated heterocycles. The number of nitrogens with one attached hydrogen (secondary N) is 2. The molecular weight excluding hydrogens is 312 g/mol. The summed E-state index contributed by atoms with van der Waals surface area (Å²) in [6.45, 7) is 5.39. The molecule has 25 heavy (non-hydrogen) atoms. The highest BCUT2D eigenvalue weighted by atomic mass is 16.1. The van der Waals surface area contributed by atoms with Crippen LogP contribution in [-0.4, -0.2) is 47.3 Å². The number of fused-ring (bicyclic) bond motifs is 1. The Bertz CT molecular complexity index is 897. The van der Waals surface area contributed by atoms with Crippen molar-refractivity contribution in [1.29, 1.82) is 0 Å². The summed E-state index contributed by atoms with van der Waals surface area (Å²) < 4.78 is 0. The Labute approximate surface area is 147 Å². The van der Waals surface area contributed by atoms with Gasteiger partial charge in [0.2, 0.25) is 0 Å². The molecule has 2 heterocycles. The van der Waals surface area contributed by atoms with E-state index in [2.05, 4.69) is 50.5 Å². The highest BCUT2D eigenvalue weighted by Crippen LogP contribution is 2.28. The molecule has 1 aliphatic rings. The predicted molar refractivity (Wildman–Crippen MR) is 99.4 cm³/mol. The lowest BCUT2D eigenvalue weighted by Gasteiger charge is -2.38. The number of nitrogens with zero attached hydrogens (tertiary/aromatic N) is 2. The van der Waals surface area contributed by atoms with Gasteiger partial charge >= 0.3 is 0 Å². The number of hydrogen-bond acceptors (Lipinski definition) is 4. The van der Waals surface area contributed by atoms with E-state index >= 15 is 0 Å². The maximum Gasteiger partial charge on any atom is 0.147 e. The summed E-state index contributed by atoms with van der Waals surface area (Å²) in [5.41, 5.74) is 1.28. The summed E-state index contributed by atoms with van der Waals surface area (Å²) in [7, 11) is 0. The lowest BCUT2D eigenvalue weighted by Crippen LogP contribution is -2.54. The molecule has 3 aromatic rings. The molecule has 1 unspecified atom stereocenters. The third-order valence-electron chi connectivity index (χ3n) is 5.12. The molecule has 0 bridgehead atoms. The number of hydrogen-bond donors (Lipinski definition) is 2. The van der Waals surface area contributed by atoms with Crippen LogP contribution in [0.1, 0.15) is 12.7 Å². The maximum absolute atomic E-state index is 11.9. The zero-order valence-electron chi connectivity index (χ0n) is 14.3. The van der Waals surface area contributed by atoms with Crippen LogP contribution in [0.4, 0.5) is 0 Å². The molecule has 0 radical (unpaired) electrons. The van der Waals surface area contributed by atoms with Gasteiger partial charge in [0.1, 0.15) is 17.6 Å². The van der Waals surface area contributed by atoms with Crippen LogP contribution in [0.15, 0.2) is 48.7 Å². The largest absolute Gasteiger partial charge is 0.340 e. The van der Waals surface area contributed by atoms with Gasteiger partial charge in [0.25, 0.3) is 0 Å². The molecule has 1 fully saturated rings. The minimum absolute atomic E-state index is 0.701. The molecule has 5 nitrogen and oxygen atoms in total. The van der Waals surface area contributed by atoms with Gasteiger partial charge in [-0.1, -0.05) is 36.4 Å². The van der Waals surface area contributed by atoms with Crippen molar-refractivity contribution in [3.63, 3.8) is 0 Å². The van der Waals surface area contributed by atoms with Crippen LogP contribution in [0.2, 0.25) is 0 Å². The zero-order valence-corrected chi connectivity index (χ0v) is 14.3. The number of imidazole rings is 1. The number of aldehydes is 1. The maximum atomic E-state index is 11.9. The molecule has 2 N–H and O–H groups in total. The summed E-state index contributed by atoms with van der Waals surface area (Å²) in [6.07, 6.45) is 2.82. The van der Waals surface area contributed by atoms with Gasteiger partial charge in [0, 0.05) is 31.7 Å². The molecule has 2 aromatic carbocycles. The first-order chi connectivity index (χ1) is 12.2. The zero-order chi connectivity index (χ0) is 17.3. The van der Waals surface area contributed by atoms with Crippen molar-refractivity contribution in [3.05, 3.63) is 54.5 Å². The summed E-state index contributed by atoms with van der Waals surface area (Å²) in [6, 6.07) is 14.6. The van der Waals surface area contributed by atoms with Crippen LogP contribution in [0.25, 0.3) is 22.0 Å². The topological polar surface area (TPSA) is 61.0 Å². The van der Waals surface area contributed by atoms with Crippen LogP contribution in [0, 0.1) is 0 Å². The number of piperazine rings is 1. The SMILES string of the molecule is CC(C=O)(c1ncc(-c2ccc3ccccc3c2)[nH]1)N1CCNCC1. The fourth-order valence-corrected chi connectivity index (χ4v) is 3.49. The van der Waals surface area contributed by atoms with Crippen molar-refractivity contribution in [2.75, 3.05) is 26.2 Å². The molecule has 5 heteroatoms. The van der Waals surface area contributed by atoms with Crippen LogP contribution < -0.4 is 5.32 Å². The quantitative estimate of drug-likeness (QED) is 0.720. The van der Waals surface area contributed by atoms with E-state index in [0.29, 0.717) is 5.82 Å². The van der Waals surface area contributed by atoms with Gasteiger partial charge in [-0.15, -0.1) is 0 Å². The molecule has 0 spiro atoms. The monoisotopic (exact) mass is 334 g/mol. The molecule has 0 saturated carbocycles. The molecule has 1 aliphatic heterocycles. The number of benzene rings is 2. The van der Waals surface area contributed by atoms with Crippen LogP contribution in [-0.2, 0) is 10.3 Å². The molecule has 128 valence electrons. The van der Waals surface area contributed by atoms with E-state index in [4.69, 9.17) is 0 Å². The number of carbonyl (C=O) groups is 1. The fraction of sp³-hybridized carbons (Fsp3) is 0.300. The number of rotatable bonds is 4. The van der Waals surface area contributed by atoms with Gasteiger partial charge in [-0.3, -0.25) is 4.90 Å². The van der Waals surface area contributed by atoms with Crippen molar-refractivity contribution in [3.8, 4) is 11.3 Å². The predicted octanol–water partition coefficient (Wildman–Crippen LogP) is 2.55. The highest BCUT2D eigenvalue weighted by molar-refractivity contribution is 5.86. The van der Waals surface area contributed by atoms with E-state index in [1.54, 1.807) is 0 Å². The Morgan fingerprint density at radius 1 is 1.12 bits per heavy atom. The van der Waals surface area contributed by atoms with Crippen molar-refractivity contribution in [2.45, 2.75) is 12.5 Å². The minimum atomic E-state index is -0.725. The summed E-state index contributed by atoms with van der Waals surface area (Å²) in [4.78, 5) is 22.0. The van der Waals surface area contributed by atoms with Crippen LogP contribution in [0.5, 0.6) is 0 Å². The molecule has 0 aliphatic carbocycles. The highest BCUT2D eigenvalue weighted by Gasteiger charge is 2.37. The van der Waals surface area contributed by atoms with E-state index in [1.165, 1.54) is 10.8 Å². The first kappa shape index (κ1) is 16.0. The summed E-state index contributed by atoms with van der Waals surface area (Å²) >= 11 is 0. The van der Waals surface area contributed by atoms with Crippen molar-refractivity contribution in [2.24, 2.45) is 0 Å². The van der Waals surface area contributed by atoms with E-state index in [9.17, 15) is 4.79 Å². The Hall–Kier alpha value is -2.50. The Morgan fingerprint density at radius 3 is 2.64 bits per heavy atom. The van der Waals surface area contributed by atoms with E-state index < -0.39 is 5.54 Å². The smallest absolute Gasteiger partial charge is 0.147 e. The van der Waals surface area contributed by atoms with Gasteiger partial charge < -0.3 is 15.1 Å². The first-order valence-electron chi connectivity index (χ1n) is 8.67. The van der Waals surface area contributed by atoms with Crippen molar-refractivity contribution >= 4 is 17.1 Å². The number of carbonyl (C=O) groups excluding carboxylic acids is 1. The Balaban J connectivity index is 1.69. The summed E-state index contributed by atoms with van der Waals surface area (Å²) in [5.74, 6) is 0.701. The van der Waals surface area contributed by atoms with Gasteiger partial charge in [0.15, 0.2) is 0 Å². The molecular formula is C20H22N4O. The summed E-state index contributed by atoms with van der Waals surface area (Å²) in [5, 5.41) is 5.73. The standard InChI is InChI=1S/C20H22N4O/c1-20(14-25,24-10-8-21-9-11-24)19-22-13-18(23-19)17-7-6-15-4-2-3-5-16(15)12-17/h2-7,12-14,21H,8-11H2,1H3,(H,22,23). The van der Waals surface area contributed by atoms with E-state index in [0.717, 1.165) is 43.7 Å². The van der Waals surface area contributed by atoms with Gasteiger partial charge in [0.05, 0.1) is 11.9 Å². The lowest BCUT2D eigenvalue weighted by molar-refractivity contribution is -0.119. The van der Waals surface area contributed by atoms with Gasteiger partial charge in [-0.05, 0) is 23.8 Å². The number of aromatic amines is 1. The van der Waals surface area contributed by atoms with Crippen molar-refractivity contribution < 1.29 is 4.79 Å². The molecule has 4 rings (SSSR count). The first-order valence-corrected chi connectivity index (χ1v) is 8.67. The van der Waals surface area contributed by atoms with Crippen LogP contribution >= 0.6 is 0 Å². The minimum Gasteiger partial charge on any atom is -0.340 e. The van der Waals surface area contributed by atoms with Gasteiger partial charge in [-0.25, -0.2) is 4.98 Å². The van der Waals surface area contributed by atoms with Gasteiger partial charge in [-0.2, -0.15) is 0 Å². The van der Waals surface area contributed by atoms with Crippen LogP contribution in [0.3, 0.4) is 0 Å². The Morgan fingerprint density at radius 2 is 1.88 bits per heavy atom. The number of H-pyrrole nitrogens is 1. The lowest BCUT2D eigenvalue weighted by atomic mass is 10.00. The van der Waals surface area contributed by atoms with E-state index in [1.807, 2.05) is 25.3 Å². The fourth-order valence-electron chi connectivity index (χ4n) is 3.49. The normalized spacial score (nSPS) is 18.1. The van der Waals surface area contributed by atoms with Crippen molar-refractivity contribution in [1.82, 2.24) is 20.2 Å². The third kappa shape index (κ3) is 2.86. The average molecular weight is 334 g/mol. The third-order valence-corrected chi connectivity index (χ3v) is 5.12.